The van der Waals surface area contributed by atoms with Crippen LogP contribution in [0, 0.1) is 0 Å². The van der Waals surface area contributed by atoms with Crippen molar-refractivity contribution in [3.05, 3.63) is 66.4 Å². The molecule has 0 bridgehead atoms. The van der Waals surface area contributed by atoms with Crippen molar-refractivity contribution in [2.75, 3.05) is 11.9 Å². The molecule has 0 radical (unpaired) electrons. The minimum absolute atomic E-state index is 0.242. The molecule has 0 spiro atoms. The van der Waals surface area contributed by atoms with Gasteiger partial charge in [0.25, 0.3) is 11.8 Å². The highest BCUT2D eigenvalue weighted by Gasteiger charge is 2.22. The fourth-order valence-electron chi connectivity index (χ4n) is 2.85. The highest BCUT2D eigenvalue weighted by Crippen LogP contribution is 2.14. The molecule has 8 heteroatoms. The Morgan fingerprint density at radius 3 is 2.61 bits per heavy atom. The van der Waals surface area contributed by atoms with Crippen LogP contribution in [0.4, 0.5) is 5.95 Å². The number of amides is 2. The van der Waals surface area contributed by atoms with Crippen LogP contribution in [0.2, 0.25) is 0 Å². The number of H-pyrrole nitrogens is 1. The van der Waals surface area contributed by atoms with Crippen molar-refractivity contribution >= 4 is 39.7 Å². The van der Waals surface area contributed by atoms with Gasteiger partial charge in [-0.1, -0.05) is 30.3 Å². The summed E-state index contributed by atoms with van der Waals surface area (Å²) in [6.45, 7) is -0.557. The fourth-order valence-corrected chi connectivity index (χ4v) is 2.85. The highest BCUT2D eigenvalue weighted by molar-refractivity contribution is 6.02. The first-order valence-corrected chi connectivity index (χ1v) is 8.66. The third-order valence-corrected chi connectivity index (χ3v) is 4.29. The second-order valence-corrected chi connectivity index (χ2v) is 6.22. The molecule has 1 unspecified atom stereocenters. The van der Waals surface area contributed by atoms with Crippen LogP contribution in [-0.4, -0.2) is 44.5 Å². The summed E-state index contributed by atoms with van der Waals surface area (Å²) in [7, 11) is 0. The van der Waals surface area contributed by atoms with Gasteiger partial charge in [-0.25, -0.2) is 4.98 Å². The highest BCUT2D eigenvalue weighted by atomic mass is 16.3. The smallest absolute Gasteiger partial charge is 0.253 e. The van der Waals surface area contributed by atoms with Gasteiger partial charge >= 0.3 is 0 Å². The number of aromatic amines is 1. The Kier molecular flexibility index (Phi) is 4.69. The lowest BCUT2D eigenvalue weighted by molar-refractivity contribution is -0.118. The molecule has 8 nitrogen and oxygen atoms in total. The first kappa shape index (κ1) is 17.6. The zero-order valence-electron chi connectivity index (χ0n) is 14.7. The van der Waals surface area contributed by atoms with Gasteiger partial charge in [-0.15, -0.1) is 0 Å². The van der Waals surface area contributed by atoms with Crippen LogP contribution in [0.1, 0.15) is 10.4 Å². The second kappa shape index (κ2) is 7.45. The summed E-state index contributed by atoms with van der Waals surface area (Å²) in [5.41, 5.74) is 2.53. The predicted octanol–water partition coefficient (Wildman–Crippen LogP) is 1.84. The molecule has 0 saturated carbocycles. The molecule has 2 amide bonds. The molecule has 0 aliphatic carbocycles. The molecule has 4 N–H and O–H groups in total. The Labute approximate surface area is 159 Å². The number of nitrogens with zero attached hydrogens (tertiary/aromatic N) is 2. The number of hydrogen-bond acceptors (Lipinski definition) is 5. The van der Waals surface area contributed by atoms with Gasteiger partial charge < -0.3 is 15.4 Å². The monoisotopic (exact) mass is 375 g/mol. The van der Waals surface area contributed by atoms with Crippen LogP contribution >= 0.6 is 0 Å². The quantitative estimate of drug-likeness (QED) is 0.424. The number of benzene rings is 2. The van der Waals surface area contributed by atoms with Gasteiger partial charge in [0.15, 0.2) is 0 Å². The number of nitrogens with one attached hydrogen (secondary N) is 3. The fraction of sp³-hybridized carbons (Fsp3) is 0.100. The van der Waals surface area contributed by atoms with Crippen LogP contribution in [0.3, 0.4) is 0 Å². The molecule has 2 aromatic carbocycles. The van der Waals surface area contributed by atoms with Gasteiger partial charge in [0.2, 0.25) is 5.95 Å². The van der Waals surface area contributed by atoms with Crippen molar-refractivity contribution in [3.63, 3.8) is 0 Å². The maximum atomic E-state index is 12.5. The summed E-state index contributed by atoms with van der Waals surface area (Å²) in [6.07, 6.45) is 1.43. The third kappa shape index (κ3) is 3.53. The maximum absolute atomic E-state index is 12.5. The zero-order chi connectivity index (χ0) is 19.5. The van der Waals surface area contributed by atoms with Crippen molar-refractivity contribution in [2.45, 2.75) is 6.04 Å². The molecule has 140 valence electrons. The average Bonchev–Trinajstić information content (AvgIpc) is 3.13. The van der Waals surface area contributed by atoms with E-state index in [0.717, 1.165) is 16.4 Å². The number of hydrogen-bond donors (Lipinski definition) is 4. The first-order chi connectivity index (χ1) is 13.6. The summed E-state index contributed by atoms with van der Waals surface area (Å²) in [4.78, 5) is 36.4. The molecule has 0 aliphatic rings. The predicted molar refractivity (Wildman–Crippen MR) is 105 cm³/mol. The number of anilines is 1. The van der Waals surface area contributed by atoms with Crippen LogP contribution in [0.25, 0.3) is 21.9 Å². The topological polar surface area (TPSA) is 120 Å². The van der Waals surface area contributed by atoms with Gasteiger partial charge in [0.1, 0.15) is 6.04 Å². The van der Waals surface area contributed by atoms with Gasteiger partial charge in [-0.3, -0.25) is 19.9 Å². The largest absolute Gasteiger partial charge is 0.394 e. The number of imidazole rings is 1. The standard InChI is InChI=1S/C20H17N5O3/c26-11-17(19(28)25-20-23-15-7-3-4-8-16(15)24-20)22-18(27)13-9-12-5-1-2-6-14(12)21-10-13/h1-10,17,26H,11H2,(H,22,27)(H2,23,24,25,28). The Bertz CT molecular complexity index is 1140. The minimum Gasteiger partial charge on any atom is -0.394 e. The minimum atomic E-state index is -1.13. The van der Waals surface area contributed by atoms with E-state index in [1.54, 1.807) is 12.1 Å². The Balaban J connectivity index is 1.47. The summed E-state index contributed by atoms with van der Waals surface area (Å²) in [5, 5.41) is 15.5. The van der Waals surface area contributed by atoms with Crippen molar-refractivity contribution in [1.29, 1.82) is 0 Å². The van der Waals surface area contributed by atoms with Gasteiger partial charge in [-0.2, -0.15) is 0 Å². The molecule has 0 aliphatic heterocycles. The molecular weight excluding hydrogens is 358 g/mol. The molecule has 28 heavy (non-hydrogen) atoms. The Hall–Kier alpha value is -3.78. The molecule has 2 aromatic heterocycles. The molecule has 0 fully saturated rings. The normalized spacial score (nSPS) is 12.0. The van der Waals surface area contributed by atoms with E-state index in [2.05, 4.69) is 25.6 Å². The Morgan fingerprint density at radius 2 is 1.82 bits per heavy atom. The van der Waals surface area contributed by atoms with E-state index >= 15 is 0 Å². The van der Waals surface area contributed by atoms with Crippen LogP contribution < -0.4 is 10.6 Å². The summed E-state index contributed by atoms with van der Waals surface area (Å²) >= 11 is 0. The number of pyridine rings is 1. The number of para-hydroxylation sites is 3. The number of aliphatic hydroxyl groups excluding tert-OH is 1. The number of aromatic nitrogens is 3. The van der Waals surface area contributed by atoms with E-state index in [0.29, 0.717) is 11.1 Å². The lowest BCUT2D eigenvalue weighted by atomic mass is 10.1. The number of carbonyl (C=O) groups excluding carboxylic acids is 2. The van der Waals surface area contributed by atoms with Crippen LogP contribution in [0.5, 0.6) is 0 Å². The van der Waals surface area contributed by atoms with E-state index in [9.17, 15) is 14.7 Å². The number of rotatable bonds is 5. The summed E-state index contributed by atoms with van der Waals surface area (Å²) in [6, 6.07) is 15.3. The number of carbonyl (C=O) groups is 2. The maximum Gasteiger partial charge on any atom is 0.253 e. The molecule has 4 rings (SSSR count). The Morgan fingerprint density at radius 1 is 1.07 bits per heavy atom. The van der Waals surface area contributed by atoms with Gasteiger partial charge in [-0.05, 0) is 24.3 Å². The second-order valence-electron chi connectivity index (χ2n) is 6.22. The van der Waals surface area contributed by atoms with Gasteiger partial charge in [0.05, 0.1) is 28.7 Å². The molecule has 0 saturated heterocycles. The van der Waals surface area contributed by atoms with E-state index in [-0.39, 0.29) is 5.95 Å². The number of fused-ring (bicyclic) bond motifs is 2. The summed E-state index contributed by atoms with van der Waals surface area (Å²) in [5.74, 6) is -0.841. The van der Waals surface area contributed by atoms with Crippen LogP contribution in [-0.2, 0) is 4.79 Å². The molecular formula is C20H17N5O3. The number of aliphatic hydroxyl groups is 1. The molecule has 4 aromatic rings. The van der Waals surface area contributed by atoms with E-state index in [1.165, 1.54) is 6.20 Å². The lowest BCUT2D eigenvalue weighted by Crippen LogP contribution is -2.46. The van der Waals surface area contributed by atoms with Crippen molar-refractivity contribution in [3.8, 4) is 0 Å². The van der Waals surface area contributed by atoms with Crippen LogP contribution in [0.15, 0.2) is 60.8 Å². The third-order valence-electron chi connectivity index (χ3n) is 4.29. The van der Waals surface area contributed by atoms with Crippen molar-refractivity contribution in [2.24, 2.45) is 0 Å². The summed E-state index contributed by atoms with van der Waals surface area (Å²) < 4.78 is 0. The van der Waals surface area contributed by atoms with Gasteiger partial charge in [0, 0.05) is 11.6 Å². The van der Waals surface area contributed by atoms with E-state index < -0.39 is 24.5 Å². The average molecular weight is 375 g/mol. The van der Waals surface area contributed by atoms with Crippen molar-refractivity contribution < 1.29 is 14.7 Å². The lowest BCUT2D eigenvalue weighted by Gasteiger charge is -2.15. The SMILES string of the molecule is O=C(NC(CO)C(=O)Nc1nc2ccccc2[nH]1)c1cnc2ccccc2c1. The molecule has 1 atom stereocenters. The first-order valence-electron chi connectivity index (χ1n) is 8.66. The zero-order valence-corrected chi connectivity index (χ0v) is 14.7. The van der Waals surface area contributed by atoms with Crippen molar-refractivity contribution in [1.82, 2.24) is 20.3 Å². The van der Waals surface area contributed by atoms with E-state index in [4.69, 9.17) is 0 Å². The van der Waals surface area contributed by atoms with E-state index in [1.807, 2.05) is 42.5 Å². The molecule has 2 heterocycles.